The fourth-order valence-electron chi connectivity index (χ4n) is 3.51. The second kappa shape index (κ2) is 7.88. The zero-order chi connectivity index (χ0) is 18.6. The molecule has 0 unspecified atom stereocenters. The molecule has 1 fully saturated rings. The number of thiazole rings is 1. The third-order valence-electron chi connectivity index (χ3n) is 4.85. The van der Waals surface area contributed by atoms with Crippen LogP contribution in [0.15, 0.2) is 54.0 Å². The molecule has 27 heavy (non-hydrogen) atoms. The number of aromatic nitrogens is 2. The molecule has 1 aliphatic heterocycles. The SMILES string of the molecule is COc1cccc(C[C@H]2CCCN2C(=O)c2csc(-c3ccccn3)n2)c1. The molecule has 1 atom stereocenters. The number of rotatable bonds is 5. The van der Waals surface area contributed by atoms with Crippen LogP contribution in [0.2, 0.25) is 0 Å². The molecule has 0 radical (unpaired) electrons. The summed E-state index contributed by atoms with van der Waals surface area (Å²) in [5, 5.41) is 2.62. The van der Waals surface area contributed by atoms with E-state index in [1.165, 1.54) is 16.9 Å². The van der Waals surface area contributed by atoms with Gasteiger partial charge in [-0.3, -0.25) is 9.78 Å². The van der Waals surface area contributed by atoms with Crippen LogP contribution in [0.3, 0.4) is 0 Å². The zero-order valence-corrected chi connectivity index (χ0v) is 16.0. The van der Waals surface area contributed by atoms with Crippen molar-refractivity contribution < 1.29 is 9.53 Å². The molecule has 1 saturated heterocycles. The summed E-state index contributed by atoms with van der Waals surface area (Å²) in [6.07, 6.45) is 4.61. The van der Waals surface area contributed by atoms with Crippen molar-refractivity contribution in [3.05, 3.63) is 65.3 Å². The van der Waals surface area contributed by atoms with E-state index in [-0.39, 0.29) is 11.9 Å². The van der Waals surface area contributed by atoms with Crippen LogP contribution in [0.5, 0.6) is 5.75 Å². The van der Waals surface area contributed by atoms with Crippen LogP contribution in [0.1, 0.15) is 28.9 Å². The fourth-order valence-corrected chi connectivity index (χ4v) is 4.28. The van der Waals surface area contributed by atoms with Crippen molar-refractivity contribution in [3.63, 3.8) is 0 Å². The number of pyridine rings is 1. The molecule has 1 aliphatic rings. The summed E-state index contributed by atoms with van der Waals surface area (Å²) in [5.74, 6) is 0.863. The molecule has 138 valence electrons. The maximum Gasteiger partial charge on any atom is 0.273 e. The number of ether oxygens (including phenoxy) is 1. The van der Waals surface area contributed by atoms with Gasteiger partial charge in [0.25, 0.3) is 5.91 Å². The summed E-state index contributed by atoms with van der Waals surface area (Å²) in [6, 6.07) is 14.0. The third-order valence-corrected chi connectivity index (χ3v) is 5.72. The maximum atomic E-state index is 13.0. The van der Waals surface area contributed by atoms with Gasteiger partial charge in [-0.1, -0.05) is 18.2 Å². The highest BCUT2D eigenvalue weighted by Crippen LogP contribution is 2.27. The Balaban J connectivity index is 1.50. The smallest absolute Gasteiger partial charge is 0.273 e. The van der Waals surface area contributed by atoms with Crippen LogP contribution in [0, 0.1) is 0 Å². The summed E-state index contributed by atoms with van der Waals surface area (Å²) >= 11 is 1.46. The van der Waals surface area contributed by atoms with Gasteiger partial charge in [-0.15, -0.1) is 11.3 Å². The molecule has 3 aromatic rings. The predicted octanol–water partition coefficient (Wildman–Crippen LogP) is 4.06. The van der Waals surface area contributed by atoms with E-state index in [4.69, 9.17) is 4.74 Å². The van der Waals surface area contributed by atoms with Gasteiger partial charge >= 0.3 is 0 Å². The summed E-state index contributed by atoms with van der Waals surface area (Å²) in [6.45, 7) is 0.782. The van der Waals surface area contributed by atoms with Gasteiger partial charge in [-0.25, -0.2) is 4.98 Å². The van der Waals surface area contributed by atoms with Gasteiger partial charge in [0.2, 0.25) is 0 Å². The highest BCUT2D eigenvalue weighted by Gasteiger charge is 2.30. The molecule has 0 aliphatic carbocycles. The molecule has 0 spiro atoms. The number of hydrogen-bond donors (Lipinski definition) is 0. The Morgan fingerprint density at radius 2 is 2.22 bits per heavy atom. The van der Waals surface area contributed by atoms with Crippen LogP contribution < -0.4 is 4.74 Å². The first-order valence-corrected chi connectivity index (χ1v) is 9.93. The van der Waals surface area contributed by atoms with Gasteiger partial charge in [-0.05, 0) is 49.1 Å². The highest BCUT2D eigenvalue weighted by molar-refractivity contribution is 7.13. The highest BCUT2D eigenvalue weighted by atomic mass is 32.1. The number of hydrogen-bond acceptors (Lipinski definition) is 5. The lowest BCUT2D eigenvalue weighted by molar-refractivity contribution is 0.0731. The number of carbonyl (C=O) groups is 1. The normalized spacial score (nSPS) is 16.5. The van der Waals surface area contributed by atoms with Gasteiger partial charge in [0.15, 0.2) is 0 Å². The molecule has 0 N–H and O–H groups in total. The van der Waals surface area contributed by atoms with E-state index >= 15 is 0 Å². The number of carbonyl (C=O) groups excluding carboxylic acids is 1. The zero-order valence-electron chi connectivity index (χ0n) is 15.2. The summed E-state index contributed by atoms with van der Waals surface area (Å²) in [4.78, 5) is 23.9. The second-order valence-electron chi connectivity index (χ2n) is 6.60. The molecule has 5 nitrogen and oxygen atoms in total. The summed E-state index contributed by atoms with van der Waals surface area (Å²) in [5.41, 5.74) is 2.50. The van der Waals surface area contributed by atoms with Gasteiger partial charge in [-0.2, -0.15) is 0 Å². The quantitative estimate of drug-likeness (QED) is 0.671. The van der Waals surface area contributed by atoms with Crippen molar-refractivity contribution in [2.75, 3.05) is 13.7 Å². The molecular weight excluding hydrogens is 358 g/mol. The Labute approximate surface area is 162 Å². The van der Waals surface area contributed by atoms with Gasteiger partial charge < -0.3 is 9.64 Å². The number of benzene rings is 1. The van der Waals surface area contributed by atoms with Crippen LogP contribution in [0.25, 0.3) is 10.7 Å². The summed E-state index contributed by atoms with van der Waals surface area (Å²) in [7, 11) is 1.67. The fraction of sp³-hybridized carbons (Fsp3) is 0.286. The molecule has 2 aromatic heterocycles. The van der Waals surface area contributed by atoms with Gasteiger partial charge in [0, 0.05) is 24.2 Å². The molecule has 0 saturated carbocycles. The number of amides is 1. The topological polar surface area (TPSA) is 55.3 Å². The van der Waals surface area contributed by atoms with E-state index in [0.29, 0.717) is 5.69 Å². The van der Waals surface area contributed by atoms with Crippen molar-refractivity contribution in [3.8, 4) is 16.5 Å². The van der Waals surface area contributed by atoms with Crippen LogP contribution in [-0.4, -0.2) is 40.5 Å². The lowest BCUT2D eigenvalue weighted by Gasteiger charge is -2.24. The molecular formula is C21H21N3O2S. The Morgan fingerprint density at radius 1 is 1.30 bits per heavy atom. The van der Waals surface area contributed by atoms with E-state index in [1.54, 1.807) is 13.3 Å². The Morgan fingerprint density at radius 3 is 3.04 bits per heavy atom. The molecule has 1 amide bonds. The monoisotopic (exact) mass is 379 g/mol. The first-order valence-electron chi connectivity index (χ1n) is 9.05. The van der Waals surface area contributed by atoms with E-state index in [1.807, 2.05) is 46.7 Å². The van der Waals surface area contributed by atoms with Gasteiger partial charge in [0.1, 0.15) is 16.5 Å². The lowest BCUT2D eigenvalue weighted by atomic mass is 10.0. The minimum atomic E-state index is 0.0128. The summed E-state index contributed by atoms with van der Waals surface area (Å²) < 4.78 is 5.31. The molecule has 1 aromatic carbocycles. The molecule has 6 heteroatoms. The van der Waals surface area contributed by atoms with Crippen LogP contribution in [0.4, 0.5) is 0 Å². The minimum absolute atomic E-state index is 0.0128. The Hall–Kier alpha value is -2.73. The van der Waals surface area contributed by atoms with Crippen LogP contribution in [-0.2, 0) is 6.42 Å². The maximum absolute atomic E-state index is 13.0. The minimum Gasteiger partial charge on any atom is -0.497 e. The lowest BCUT2D eigenvalue weighted by Crippen LogP contribution is -2.37. The van der Waals surface area contributed by atoms with E-state index in [2.05, 4.69) is 16.0 Å². The first-order chi connectivity index (χ1) is 13.2. The van der Waals surface area contributed by atoms with E-state index < -0.39 is 0 Å². The van der Waals surface area contributed by atoms with Crippen LogP contribution >= 0.6 is 11.3 Å². The number of likely N-dealkylation sites (tertiary alicyclic amines) is 1. The van der Waals surface area contributed by atoms with Crippen molar-refractivity contribution in [2.24, 2.45) is 0 Å². The van der Waals surface area contributed by atoms with E-state index in [9.17, 15) is 4.79 Å². The standard InChI is InChI=1S/C21H21N3O2S/c1-26-17-8-4-6-15(13-17)12-16-7-5-11-24(16)21(25)19-14-27-20(23-19)18-9-2-3-10-22-18/h2-4,6,8-10,13-14,16H,5,7,11-12H2,1H3/t16-/m1/s1. The third kappa shape index (κ3) is 3.85. The van der Waals surface area contributed by atoms with Crippen molar-refractivity contribution in [2.45, 2.75) is 25.3 Å². The predicted molar refractivity (Wildman–Crippen MR) is 106 cm³/mol. The first kappa shape index (κ1) is 17.7. The molecule has 0 bridgehead atoms. The van der Waals surface area contributed by atoms with Gasteiger partial charge in [0.05, 0.1) is 12.8 Å². The average molecular weight is 379 g/mol. The van der Waals surface area contributed by atoms with E-state index in [0.717, 1.165) is 42.3 Å². The average Bonchev–Trinajstić information content (AvgIpc) is 3.38. The molecule has 4 rings (SSSR count). The van der Waals surface area contributed by atoms with Crippen molar-refractivity contribution >= 4 is 17.2 Å². The van der Waals surface area contributed by atoms with Crippen molar-refractivity contribution in [1.82, 2.24) is 14.9 Å². The van der Waals surface area contributed by atoms with Crippen molar-refractivity contribution in [1.29, 1.82) is 0 Å². The second-order valence-corrected chi connectivity index (χ2v) is 7.46. The largest absolute Gasteiger partial charge is 0.497 e. The number of nitrogens with zero attached hydrogens (tertiary/aromatic N) is 3. The Kier molecular flexibility index (Phi) is 5.16. The Bertz CT molecular complexity index is 926. The molecule has 3 heterocycles. The number of methoxy groups -OCH3 is 1.